The average Bonchev–Trinajstić information content (AvgIpc) is 2.48. The molecule has 0 aliphatic carbocycles. The van der Waals surface area contributed by atoms with Gasteiger partial charge in [0.1, 0.15) is 0 Å². The molecule has 0 saturated heterocycles. The molecule has 0 aliphatic heterocycles. The number of aromatic nitrogens is 1. The fourth-order valence-corrected chi connectivity index (χ4v) is 1.97. The Bertz CT molecular complexity index is 765. The maximum absolute atomic E-state index is 12.0. The third-order valence-corrected chi connectivity index (χ3v) is 2.82. The lowest BCUT2D eigenvalue weighted by Crippen LogP contribution is -2.20. The number of rotatable bonds is 0. The molecule has 3 rings (SSSR count). The van der Waals surface area contributed by atoms with Gasteiger partial charge in [0.05, 0.1) is 0 Å². The van der Waals surface area contributed by atoms with Crippen molar-refractivity contribution in [2.45, 2.75) is 0 Å². The first-order valence-corrected chi connectivity index (χ1v) is 5.31. The molecule has 0 bridgehead atoms. The summed E-state index contributed by atoms with van der Waals surface area (Å²) >= 11 is 0. The molecule has 0 amide bonds. The molecule has 1 heterocycles. The summed E-state index contributed by atoms with van der Waals surface area (Å²) in [6.45, 7) is 0. The second kappa shape index (κ2) is 3.56. The van der Waals surface area contributed by atoms with Crippen molar-refractivity contribution in [1.82, 2.24) is 4.98 Å². The van der Waals surface area contributed by atoms with E-state index in [4.69, 9.17) is 0 Å². The Morgan fingerprint density at radius 3 is 1.53 bits per heavy atom. The summed E-state index contributed by atoms with van der Waals surface area (Å²) in [7, 11) is 0. The van der Waals surface area contributed by atoms with Crippen LogP contribution in [0.3, 0.4) is 0 Å². The van der Waals surface area contributed by atoms with Crippen LogP contribution in [0, 0.1) is 0 Å². The van der Waals surface area contributed by atoms with Crippen LogP contribution in [0.15, 0.2) is 58.1 Å². The molecule has 1 aromatic heterocycles. The molecular formula is C14H9NO2. The van der Waals surface area contributed by atoms with E-state index < -0.39 is 10.9 Å². The van der Waals surface area contributed by atoms with Gasteiger partial charge < -0.3 is 4.98 Å². The van der Waals surface area contributed by atoms with Crippen LogP contribution in [-0.2, 0) is 0 Å². The minimum Gasteiger partial charge on any atom is -0.354 e. The van der Waals surface area contributed by atoms with Crippen molar-refractivity contribution in [3.8, 4) is 0 Å². The zero-order valence-electron chi connectivity index (χ0n) is 8.94. The Hall–Kier alpha value is -2.42. The summed E-state index contributed by atoms with van der Waals surface area (Å²) in [5.41, 5.74) is 0.433. The Morgan fingerprint density at radius 2 is 1.06 bits per heavy atom. The lowest BCUT2D eigenvalue weighted by Gasteiger charge is -1.91. The molecule has 3 aromatic rings. The summed E-state index contributed by atoms with van der Waals surface area (Å²) in [6.07, 6.45) is 0. The normalized spacial score (nSPS) is 10.8. The van der Waals surface area contributed by atoms with Crippen LogP contribution >= 0.6 is 0 Å². The highest BCUT2D eigenvalue weighted by atomic mass is 16.2. The van der Waals surface area contributed by atoms with Crippen molar-refractivity contribution in [3.63, 3.8) is 0 Å². The van der Waals surface area contributed by atoms with E-state index in [1.807, 2.05) is 12.1 Å². The van der Waals surface area contributed by atoms with Crippen LogP contribution in [0.1, 0.15) is 0 Å². The lowest BCUT2D eigenvalue weighted by molar-refractivity contribution is 1.52. The number of H-pyrrole nitrogens is 1. The molecule has 3 nitrogen and oxygen atoms in total. The van der Waals surface area contributed by atoms with Crippen molar-refractivity contribution in [2.75, 3.05) is 0 Å². The maximum Gasteiger partial charge on any atom is 0.235 e. The van der Waals surface area contributed by atoms with E-state index in [0.717, 1.165) is 0 Å². The SMILES string of the molecule is O=c1c(=O)c2ccccc2[nH]c2ccccc12. The predicted molar refractivity (Wildman–Crippen MR) is 68.3 cm³/mol. The standard InChI is InChI=1S/C14H9NO2/c16-13-9-5-1-3-7-11(9)15-12-8-4-2-6-10(12)14(13)17/h1-8,15H. The van der Waals surface area contributed by atoms with Gasteiger partial charge in [0, 0.05) is 21.8 Å². The van der Waals surface area contributed by atoms with Gasteiger partial charge in [-0.1, -0.05) is 24.3 Å². The largest absolute Gasteiger partial charge is 0.354 e. The molecule has 3 heteroatoms. The number of hydrogen-bond acceptors (Lipinski definition) is 2. The summed E-state index contributed by atoms with van der Waals surface area (Å²) < 4.78 is 0. The second-order valence-corrected chi connectivity index (χ2v) is 3.87. The minimum absolute atomic E-state index is 0.425. The van der Waals surface area contributed by atoms with E-state index in [1.54, 1.807) is 36.4 Å². The fraction of sp³-hybridized carbons (Fsp3) is 0. The van der Waals surface area contributed by atoms with Crippen molar-refractivity contribution in [1.29, 1.82) is 0 Å². The van der Waals surface area contributed by atoms with Gasteiger partial charge in [0.25, 0.3) is 0 Å². The van der Waals surface area contributed by atoms with Crippen LogP contribution in [0.4, 0.5) is 0 Å². The monoisotopic (exact) mass is 223 g/mol. The van der Waals surface area contributed by atoms with Gasteiger partial charge in [-0.25, -0.2) is 0 Å². The van der Waals surface area contributed by atoms with E-state index in [-0.39, 0.29) is 0 Å². The lowest BCUT2D eigenvalue weighted by atomic mass is 10.2. The summed E-state index contributed by atoms with van der Waals surface area (Å²) in [5, 5.41) is 0.849. The predicted octanol–water partition coefficient (Wildman–Crippen LogP) is 2.04. The Labute approximate surface area is 96.3 Å². The van der Waals surface area contributed by atoms with Gasteiger partial charge in [-0.15, -0.1) is 0 Å². The number of benzene rings is 2. The fourth-order valence-electron chi connectivity index (χ4n) is 1.97. The zero-order valence-corrected chi connectivity index (χ0v) is 8.94. The molecule has 2 aromatic carbocycles. The van der Waals surface area contributed by atoms with Crippen LogP contribution < -0.4 is 10.9 Å². The quantitative estimate of drug-likeness (QED) is 0.593. The van der Waals surface area contributed by atoms with Gasteiger partial charge in [-0.2, -0.15) is 0 Å². The number of fused-ring (bicyclic) bond motifs is 2. The molecule has 0 spiro atoms. The molecule has 1 N–H and O–H groups in total. The van der Waals surface area contributed by atoms with Gasteiger partial charge in [-0.05, 0) is 24.3 Å². The summed E-state index contributed by atoms with van der Waals surface area (Å²) in [6, 6.07) is 14.1. The highest BCUT2D eigenvalue weighted by Gasteiger charge is 2.04. The van der Waals surface area contributed by atoms with Gasteiger partial charge in [0.2, 0.25) is 10.9 Å². The third-order valence-electron chi connectivity index (χ3n) is 2.82. The summed E-state index contributed by atoms with van der Waals surface area (Å²) in [5.74, 6) is 0. The maximum atomic E-state index is 12.0. The van der Waals surface area contributed by atoms with Gasteiger partial charge >= 0.3 is 0 Å². The first-order chi connectivity index (χ1) is 8.27. The summed E-state index contributed by atoms with van der Waals surface area (Å²) in [4.78, 5) is 27.1. The zero-order chi connectivity index (χ0) is 11.8. The topological polar surface area (TPSA) is 49.9 Å². The Balaban J connectivity index is 2.77. The molecular weight excluding hydrogens is 214 g/mol. The van der Waals surface area contributed by atoms with E-state index in [2.05, 4.69) is 4.98 Å². The second-order valence-electron chi connectivity index (χ2n) is 3.87. The molecule has 0 aliphatic rings. The smallest absolute Gasteiger partial charge is 0.235 e. The van der Waals surface area contributed by atoms with E-state index in [0.29, 0.717) is 21.8 Å². The number of hydrogen-bond donors (Lipinski definition) is 1. The van der Waals surface area contributed by atoms with E-state index >= 15 is 0 Å². The van der Waals surface area contributed by atoms with Crippen molar-refractivity contribution in [2.24, 2.45) is 0 Å². The molecule has 0 unspecified atom stereocenters. The molecule has 0 fully saturated rings. The molecule has 0 atom stereocenters. The highest BCUT2D eigenvalue weighted by molar-refractivity contribution is 5.86. The van der Waals surface area contributed by atoms with Crippen LogP contribution in [0.5, 0.6) is 0 Å². The third kappa shape index (κ3) is 1.44. The first kappa shape index (κ1) is 9.78. The number of aromatic amines is 1. The minimum atomic E-state index is -0.460. The van der Waals surface area contributed by atoms with E-state index in [9.17, 15) is 9.59 Å². The van der Waals surface area contributed by atoms with Crippen LogP contribution in [0.2, 0.25) is 0 Å². The van der Waals surface area contributed by atoms with Crippen LogP contribution in [-0.4, -0.2) is 4.98 Å². The van der Waals surface area contributed by atoms with E-state index in [1.165, 1.54) is 0 Å². The Morgan fingerprint density at radius 1 is 0.647 bits per heavy atom. The van der Waals surface area contributed by atoms with Gasteiger partial charge in [-0.3, -0.25) is 9.59 Å². The van der Waals surface area contributed by atoms with Gasteiger partial charge in [0.15, 0.2) is 0 Å². The van der Waals surface area contributed by atoms with Crippen molar-refractivity contribution >= 4 is 21.8 Å². The molecule has 0 saturated carbocycles. The molecule has 82 valence electrons. The number of para-hydroxylation sites is 2. The van der Waals surface area contributed by atoms with Crippen molar-refractivity contribution < 1.29 is 0 Å². The highest BCUT2D eigenvalue weighted by Crippen LogP contribution is 2.09. The Kier molecular flexibility index (Phi) is 2.05. The molecule has 17 heavy (non-hydrogen) atoms. The first-order valence-electron chi connectivity index (χ1n) is 5.31. The van der Waals surface area contributed by atoms with Crippen LogP contribution in [0.25, 0.3) is 21.8 Å². The van der Waals surface area contributed by atoms with Crippen molar-refractivity contribution in [3.05, 3.63) is 69.0 Å². The molecule has 0 radical (unpaired) electrons. The average molecular weight is 223 g/mol. The number of nitrogens with one attached hydrogen (secondary N) is 1.